The summed E-state index contributed by atoms with van der Waals surface area (Å²) in [6, 6.07) is 66.5. The molecule has 0 radical (unpaired) electrons. The van der Waals surface area contributed by atoms with Crippen molar-refractivity contribution in [3.8, 4) is 33.6 Å². The van der Waals surface area contributed by atoms with Crippen molar-refractivity contribution in [3.63, 3.8) is 0 Å². The van der Waals surface area contributed by atoms with E-state index in [1.807, 2.05) is 11.3 Å². The van der Waals surface area contributed by atoms with Crippen molar-refractivity contribution in [1.29, 1.82) is 0 Å². The molecule has 0 aliphatic heterocycles. The van der Waals surface area contributed by atoms with E-state index in [0.29, 0.717) is 0 Å². The quantitative estimate of drug-likeness (QED) is 0.177. The summed E-state index contributed by atoms with van der Waals surface area (Å²) in [5.41, 5.74) is 12.2. The van der Waals surface area contributed by atoms with E-state index in [1.54, 1.807) is 0 Å². The summed E-state index contributed by atoms with van der Waals surface area (Å²) >= 11 is 1.89. The third-order valence-corrected chi connectivity index (χ3v) is 11.7. The maximum absolute atomic E-state index is 2.51. The predicted molar refractivity (Wildman–Crippen MR) is 219 cm³/mol. The molecule has 0 atom stereocenters. The van der Waals surface area contributed by atoms with Crippen molar-refractivity contribution in [3.05, 3.63) is 182 Å². The molecule has 0 aliphatic carbocycles. The Balaban J connectivity index is 1.24. The average Bonchev–Trinajstić information content (AvgIpc) is 3.87. The zero-order valence-electron chi connectivity index (χ0n) is 27.6. The summed E-state index contributed by atoms with van der Waals surface area (Å²) < 4.78 is 7.52. The Morgan fingerprint density at radius 1 is 0.333 bits per heavy atom. The highest BCUT2D eigenvalue weighted by Gasteiger charge is 2.22. The van der Waals surface area contributed by atoms with Gasteiger partial charge in [-0.25, -0.2) is 0 Å². The fraction of sp³-hybridized carbons (Fsp3) is 0. The van der Waals surface area contributed by atoms with Crippen LogP contribution in [-0.4, -0.2) is 9.13 Å². The molecule has 11 rings (SSSR count). The van der Waals surface area contributed by atoms with E-state index in [9.17, 15) is 0 Å². The Labute approximate surface area is 298 Å². The summed E-state index contributed by atoms with van der Waals surface area (Å²) in [6.45, 7) is 0. The van der Waals surface area contributed by atoms with Crippen molar-refractivity contribution in [2.75, 3.05) is 0 Å². The molecule has 3 aromatic heterocycles. The molecule has 238 valence electrons. The minimum atomic E-state index is 1.17. The molecule has 0 aliphatic rings. The molecule has 0 N–H and O–H groups in total. The standard InChI is InChI=1S/C48H30N2S/c1-3-15-31(16-4-1)33-29-30-43(48-47(33)38-21-9-12-28-44(38)51-48)50-40-25-11-8-20-37(40)46-35(23-14-27-42(46)50)34-22-13-26-41-45(34)36-19-7-10-24-39(36)49(41)32-17-5-2-6-18-32/h1-30H. The van der Waals surface area contributed by atoms with Gasteiger partial charge in [0.15, 0.2) is 0 Å². The van der Waals surface area contributed by atoms with E-state index in [4.69, 9.17) is 0 Å². The second-order valence-electron chi connectivity index (χ2n) is 13.2. The number of fused-ring (bicyclic) bond motifs is 9. The van der Waals surface area contributed by atoms with Crippen LogP contribution >= 0.6 is 11.3 Å². The second kappa shape index (κ2) is 11.0. The van der Waals surface area contributed by atoms with E-state index in [2.05, 4.69) is 191 Å². The van der Waals surface area contributed by atoms with Gasteiger partial charge in [0.1, 0.15) is 0 Å². The highest BCUT2D eigenvalue weighted by atomic mass is 32.1. The number of nitrogens with zero attached hydrogens (tertiary/aromatic N) is 2. The number of rotatable bonds is 4. The first-order chi connectivity index (χ1) is 25.3. The zero-order chi connectivity index (χ0) is 33.5. The van der Waals surface area contributed by atoms with Crippen molar-refractivity contribution >= 4 is 75.1 Å². The van der Waals surface area contributed by atoms with Gasteiger partial charge in [-0.1, -0.05) is 133 Å². The molecule has 11 aromatic rings. The van der Waals surface area contributed by atoms with Crippen LogP contribution in [0.2, 0.25) is 0 Å². The van der Waals surface area contributed by atoms with Gasteiger partial charge in [0.2, 0.25) is 0 Å². The molecule has 51 heavy (non-hydrogen) atoms. The van der Waals surface area contributed by atoms with Crippen LogP contribution < -0.4 is 0 Å². The molecule has 3 heterocycles. The molecule has 0 amide bonds. The summed E-state index contributed by atoms with van der Waals surface area (Å²) in [4.78, 5) is 0. The Hall–Kier alpha value is -6.42. The van der Waals surface area contributed by atoms with E-state index in [1.165, 1.54) is 97.4 Å². The Morgan fingerprint density at radius 3 is 1.55 bits per heavy atom. The number of benzene rings is 8. The molecular formula is C48H30N2S. The first-order valence-corrected chi connectivity index (χ1v) is 18.3. The van der Waals surface area contributed by atoms with Gasteiger partial charge in [0.25, 0.3) is 0 Å². The molecule has 3 heteroatoms. The van der Waals surface area contributed by atoms with Crippen LogP contribution in [0.15, 0.2) is 182 Å². The lowest BCUT2D eigenvalue weighted by Gasteiger charge is -2.13. The molecule has 0 fully saturated rings. The predicted octanol–water partition coefficient (Wildman–Crippen LogP) is 13.6. The number of hydrogen-bond donors (Lipinski definition) is 0. The third-order valence-electron chi connectivity index (χ3n) is 10.5. The fourth-order valence-electron chi connectivity index (χ4n) is 8.45. The summed E-state index contributed by atoms with van der Waals surface area (Å²) in [5, 5.41) is 7.70. The maximum atomic E-state index is 2.51. The van der Waals surface area contributed by atoms with Gasteiger partial charge in [0, 0.05) is 42.7 Å². The highest BCUT2D eigenvalue weighted by molar-refractivity contribution is 7.26. The third kappa shape index (κ3) is 4.10. The van der Waals surface area contributed by atoms with Gasteiger partial charge in [-0.15, -0.1) is 11.3 Å². The molecular weight excluding hydrogens is 637 g/mol. The lowest BCUT2D eigenvalue weighted by atomic mass is 9.95. The summed E-state index contributed by atoms with van der Waals surface area (Å²) in [5.74, 6) is 0. The molecule has 2 nitrogen and oxygen atoms in total. The Morgan fingerprint density at radius 2 is 0.863 bits per heavy atom. The minimum Gasteiger partial charge on any atom is -0.309 e. The van der Waals surface area contributed by atoms with Crippen LogP contribution in [0, 0.1) is 0 Å². The first kappa shape index (κ1) is 28.4. The molecule has 0 spiro atoms. The van der Waals surface area contributed by atoms with E-state index < -0.39 is 0 Å². The zero-order valence-corrected chi connectivity index (χ0v) is 28.4. The Kier molecular flexibility index (Phi) is 6.16. The second-order valence-corrected chi connectivity index (χ2v) is 14.3. The summed E-state index contributed by atoms with van der Waals surface area (Å²) in [6.07, 6.45) is 0. The number of thiophene rings is 1. The number of aromatic nitrogens is 2. The van der Waals surface area contributed by atoms with Crippen LogP contribution in [-0.2, 0) is 0 Å². The van der Waals surface area contributed by atoms with Gasteiger partial charge in [-0.2, -0.15) is 0 Å². The fourth-order valence-corrected chi connectivity index (χ4v) is 9.68. The number of para-hydroxylation sites is 3. The smallest absolute Gasteiger partial charge is 0.0641 e. The van der Waals surface area contributed by atoms with Crippen LogP contribution in [0.25, 0.3) is 97.4 Å². The van der Waals surface area contributed by atoms with Crippen LogP contribution in [0.3, 0.4) is 0 Å². The monoisotopic (exact) mass is 666 g/mol. The van der Waals surface area contributed by atoms with E-state index in [-0.39, 0.29) is 0 Å². The van der Waals surface area contributed by atoms with Crippen molar-refractivity contribution in [2.45, 2.75) is 0 Å². The molecule has 0 unspecified atom stereocenters. The number of hydrogen-bond acceptors (Lipinski definition) is 1. The minimum absolute atomic E-state index is 1.17. The van der Waals surface area contributed by atoms with Crippen molar-refractivity contribution in [2.24, 2.45) is 0 Å². The largest absolute Gasteiger partial charge is 0.309 e. The summed E-state index contributed by atoms with van der Waals surface area (Å²) in [7, 11) is 0. The normalized spacial score (nSPS) is 11.9. The highest BCUT2D eigenvalue weighted by Crippen LogP contribution is 2.47. The lowest BCUT2D eigenvalue weighted by Crippen LogP contribution is -1.95. The van der Waals surface area contributed by atoms with E-state index >= 15 is 0 Å². The molecule has 0 bridgehead atoms. The molecule has 0 saturated heterocycles. The van der Waals surface area contributed by atoms with Gasteiger partial charge in [-0.3, -0.25) is 0 Å². The topological polar surface area (TPSA) is 9.86 Å². The van der Waals surface area contributed by atoms with E-state index in [0.717, 1.165) is 0 Å². The van der Waals surface area contributed by atoms with Crippen molar-refractivity contribution < 1.29 is 0 Å². The maximum Gasteiger partial charge on any atom is 0.0641 e. The van der Waals surface area contributed by atoms with Gasteiger partial charge < -0.3 is 9.13 Å². The van der Waals surface area contributed by atoms with Crippen LogP contribution in [0.4, 0.5) is 0 Å². The molecule has 0 saturated carbocycles. The Bertz CT molecular complexity index is 3130. The van der Waals surface area contributed by atoms with Crippen LogP contribution in [0.5, 0.6) is 0 Å². The first-order valence-electron chi connectivity index (χ1n) is 17.5. The average molecular weight is 667 g/mol. The lowest BCUT2D eigenvalue weighted by molar-refractivity contribution is 1.18. The molecule has 8 aromatic carbocycles. The van der Waals surface area contributed by atoms with Gasteiger partial charge >= 0.3 is 0 Å². The van der Waals surface area contributed by atoms with Gasteiger partial charge in [0.05, 0.1) is 32.5 Å². The van der Waals surface area contributed by atoms with Crippen LogP contribution in [0.1, 0.15) is 0 Å². The van der Waals surface area contributed by atoms with Gasteiger partial charge in [-0.05, 0) is 70.8 Å². The SMILES string of the molecule is c1ccc(-c2ccc(-n3c4ccccc4c4c(-c5cccc6c5c5ccccc5n6-c5ccccc5)cccc43)c3sc4ccccc4c23)cc1. The van der Waals surface area contributed by atoms with Crippen molar-refractivity contribution in [1.82, 2.24) is 9.13 Å².